The molecular formula is C19H21N7O. The van der Waals surface area contributed by atoms with E-state index in [2.05, 4.69) is 34.2 Å². The van der Waals surface area contributed by atoms with Crippen LogP contribution in [0.5, 0.6) is 0 Å². The molecule has 2 unspecified atom stereocenters. The number of aryl methyl sites for hydroxylation is 4. The van der Waals surface area contributed by atoms with Crippen LogP contribution in [-0.2, 0) is 6.54 Å². The van der Waals surface area contributed by atoms with Gasteiger partial charge < -0.3 is 4.42 Å². The summed E-state index contributed by atoms with van der Waals surface area (Å²) in [6.45, 7) is 8.70. The highest BCUT2D eigenvalue weighted by molar-refractivity contribution is 5.60. The zero-order valence-corrected chi connectivity index (χ0v) is 15.8. The van der Waals surface area contributed by atoms with Crippen molar-refractivity contribution in [2.45, 2.75) is 52.5 Å². The van der Waals surface area contributed by atoms with Gasteiger partial charge in [0, 0.05) is 25.3 Å². The van der Waals surface area contributed by atoms with Crippen molar-refractivity contribution in [2.75, 3.05) is 0 Å². The zero-order valence-electron chi connectivity index (χ0n) is 15.8. The van der Waals surface area contributed by atoms with Crippen molar-refractivity contribution in [3.8, 4) is 11.4 Å². The molecule has 1 fully saturated rings. The fraction of sp³-hybridized carbons (Fsp3) is 0.421. The number of fused-ring (bicyclic) bond motifs is 1. The van der Waals surface area contributed by atoms with E-state index in [0.717, 1.165) is 52.8 Å². The number of aromatic nitrogens is 7. The molecule has 4 heterocycles. The molecule has 0 bridgehead atoms. The second-order valence-electron chi connectivity index (χ2n) is 7.20. The maximum Gasteiger partial charge on any atom is 0.191 e. The second-order valence-corrected chi connectivity index (χ2v) is 7.20. The minimum absolute atomic E-state index is 0.372. The first-order valence-corrected chi connectivity index (χ1v) is 9.25. The van der Waals surface area contributed by atoms with Gasteiger partial charge in [-0.1, -0.05) is 0 Å². The molecule has 0 radical (unpaired) electrons. The van der Waals surface area contributed by atoms with E-state index in [1.807, 2.05) is 31.6 Å². The lowest BCUT2D eigenvalue weighted by atomic mass is 10.1. The number of hydrogen-bond acceptors (Lipinski definition) is 6. The van der Waals surface area contributed by atoms with Crippen molar-refractivity contribution in [3.63, 3.8) is 0 Å². The zero-order chi connectivity index (χ0) is 18.7. The summed E-state index contributed by atoms with van der Waals surface area (Å²) in [6.07, 6.45) is 2.89. The molecule has 8 nitrogen and oxygen atoms in total. The van der Waals surface area contributed by atoms with Crippen LogP contribution < -0.4 is 0 Å². The standard InChI is InChI=1S/C19H21N7O/c1-5-25-17(16-6-10(2)19-22-21-11(3)26(19)24-16)8-15(23-25)13-7-14(13)18-9-20-12(4)27-18/h6,8-9,13-14H,5,7H2,1-4H3. The van der Waals surface area contributed by atoms with Crippen LogP contribution in [0.15, 0.2) is 22.7 Å². The molecule has 0 spiro atoms. The minimum atomic E-state index is 0.372. The van der Waals surface area contributed by atoms with Gasteiger partial charge in [0.15, 0.2) is 17.4 Å². The summed E-state index contributed by atoms with van der Waals surface area (Å²) in [7, 11) is 0. The Morgan fingerprint density at radius 2 is 1.96 bits per heavy atom. The van der Waals surface area contributed by atoms with Gasteiger partial charge in [-0.15, -0.1) is 10.2 Å². The van der Waals surface area contributed by atoms with Gasteiger partial charge in [0.2, 0.25) is 0 Å². The molecule has 1 saturated carbocycles. The van der Waals surface area contributed by atoms with E-state index < -0.39 is 0 Å². The van der Waals surface area contributed by atoms with Crippen molar-refractivity contribution in [1.29, 1.82) is 0 Å². The van der Waals surface area contributed by atoms with Gasteiger partial charge in [0.05, 0.1) is 17.6 Å². The van der Waals surface area contributed by atoms with Gasteiger partial charge in [-0.05, 0) is 44.9 Å². The molecule has 1 aliphatic carbocycles. The van der Waals surface area contributed by atoms with Crippen molar-refractivity contribution in [1.82, 2.24) is 34.6 Å². The van der Waals surface area contributed by atoms with Crippen LogP contribution in [0.3, 0.4) is 0 Å². The molecule has 27 heavy (non-hydrogen) atoms. The number of nitrogens with zero attached hydrogens (tertiary/aromatic N) is 7. The molecule has 0 amide bonds. The van der Waals surface area contributed by atoms with E-state index in [9.17, 15) is 0 Å². The smallest absolute Gasteiger partial charge is 0.191 e. The fourth-order valence-corrected chi connectivity index (χ4v) is 3.71. The number of rotatable bonds is 4. The van der Waals surface area contributed by atoms with Gasteiger partial charge in [-0.3, -0.25) is 4.68 Å². The molecule has 4 aromatic rings. The summed E-state index contributed by atoms with van der Waals surface area (Å²) in [5.74, 6) is 3.20. The lowest BCUT2D eigenvalue weighted by Crippen LogP contribution is -2.04. The third-order valence-electron chi connectivity index (χ3n) is 5.25. The SMILES string of the molecule is CCn1nc(C2CC2c2cnc(C)o2)cc1-c1cc(C)c2nnc(C)n2n1. The summed E-state index contributed by atoms with van der Waals surface area (Å²) >= 11 is 0. The third-order valence-corrected chi connectivity index (χ3v) is 5.25. The Labute approximate surface area is 156 Å². The first-order chi connectivity index (χ1) is 13.0. The Morgan fingerprint density at radius 1 is 1.11 bits per heavy atom. The van der Waals surface area contributed by atoms with Crippen molar-refractivity contribution < 1.29 is 4.42 Å². The Bertz CT molecular complexity index is 1150. The molecule has 138 valence electrons. The fourth-order valence-electron chi connectivity index (χ4n) is 3.71. The van der Waals surface area contributed by atoms with E-state index in [1.165, 1.54) is 0 Å². The van der Waals surface area contributed by atoms with E-state index in [0.29, 0.717) is 17.7 Å². The molecule has 5 rings (SSSR count). The molecule has 0 saturated heterocycles. The van der Waals surface area contributed by atoms with Gasteiger partial charge >= 0.3 is 0 Å². The Hall–Kier alpha value is -3.03. The van der Waals surface area contributed by atoms with Crippen LogP contribution in [0.2, 0.25) is 0 Å². The van der Waals surface area contributed by atoms with Crippen LogP contribution in [0.4, 0.5) is 0 Å². The molecule has 1 aliphatic rings. The summed E-state index contributed by atoms with van der Waals surface area (Å²) < 4.78 is 9.52. The van der Waals surface area contributed by atoms with E-state index >= 15 is 0 Å². The van der Waals surface area contributed by atoms with Crippen LogP contribution in [-0.4, -0.2) is 34.6 Å². The van der Waals surface area contributed by atoms with Crippen molar-refractivity contribution in [2.24, 2.45) is 0 Å². The van der Waals surface area contributed by atoms with Gasteiger partial charge in [-0.2, -0.15) is 14.7 Å². The molecule has 0 aliphatic heterocycles. The number of hydrogen-bond donors (Lipinski definition) is 0. The van der Waals surface area contributed by atoms with E-state index in [-0.39, 0.29) is 0 Å². The maximum atomic E-state index is 5.70. The van der Waals surface area contributed by atoms with Crippen LogP contribution >= 0.6 is 0 Å². The van der Waals surface area contributed by atoms with E-state index in [4.69, 9.17) is 14.6 Å². The van der Waals surface area contributed by atoms with Crippen LogP contribution in [0.25, 0.3) is 17.0 Å². The Morgan fingerprint density at radius 3 is 2.70 bits per heavy atom. The number of oxazole rings is 1. The topological polar surface area (TPSA) is 86.9 Å². The van der Waals surface area contributed by atoms with Crippen LogP contribution in [0.1, 0.15) is 53.9 Å². The normalized spacial score (nSPS) is 19.1. The van der Waals surface area contributed by atoms with Crippen molar-refractivity contribution in [3.05, 3.63) is 47.1 Å². The van der Waals surface area contributed by atoms with Crippen molar-refractivity contribution >= 4 is 5.65 Å². The lowest BCUT2D eigenvalue weighted by Gasteiger charge is -2.06. The van der Waals surface area contributed by atoms with E-state index in [1.54, 1.807) is 4.52 Å². The summed E-state index contributed by atoms with van der Waals surface area (Å²) in [5.41, 5.74) is 4.83. The third kappa shape index (κ3) is 2.55. The first kappa shape index (κ1) is 16.2. The summed E-state index contributed by atoms with van der Waals surface area (Å²) in [4.78, 5) is 4.22. The monoisotopic (exact) mass is 363 g/mol. The predicted molar refractivity (Wildman–Crippen MR) is 98.5 cm³/mol. The Balaban J connectivity index is 1.53. The van der Waals surface area contributed by atoms with Crippen LogP contribution in [0, 0.1) is 20.8 Å². The van der Waals surface area contributed by atoms with Gasteiger partial charge in [-0.25, -0.2) is 4.98 Å². The molecule has 2 atom stereocenters. The highest BCUT2D eigenvalue weighted by Gasteiger charge is 2.44. The molecule has 0 N–H and O–H groups in total. The van der Waals surface area contributed by atoms with Gasteiger partial charge in [0.1, 0.15) is 11.5 Å². The predicted octanol–water partition coefficient (Wildman–Crippen LogP) is 3.19. The quantitative estimate of drug-likeness (QED) is 0.553. The lowest BCUT2D eigenvalue weighted by molar-refractivity contribution is 0.474. The Kier molecular flexibility index (Phi) is 3.43. The highest BCUT2D eigenvalue weighted by Crippen LogP contribution is 2.54. The highest BCUT2D eigenvalue weighted by atomic mass is 16.4. The largest absolute Gasteiger partial charge is 0.446 e. The summed E-state index contributed by atoms with van der Waals surface area (Å²) in [6, 6.07) is 4.21. The second kappa shape index (κ2) is 5.73. The minimum Gasteiger partial charge on any atom is -0.446 e. The molecule has 0 aromatic carbocycles. The molecular weight excluding hydrogens is 342 g/mol. The molecule has 8 heteroatoms. The van der Waals surface area contributed by atoms with Gasteiger partial charge in [0.25, 0.3) is 0 Å². The first-order valence-electron chi connectivity index (χ1n) is 9.25. The molecule has 4 aromatic heterocycles. The average molecular weight is 363 g/mol. The maximum absolute atomic E-state index is 5.70. The summed E-state index contributed by atoms with van der Waals surface area (Å²) in [5, 5.41) is 17.9. The average Bonchev–Trinajstić information content (AvgIpc) is 2.98.